The van der Waals surface area contributed by atoms with Gasteiger partial charge in [0.2, 0.25) is 0 Å². The summed E-state index contributed by atoms with van der Waals surface area (Å²) in [6.07, 6.45) is -4.39. The van der Waals surface area contributed by atoms with Crippen LogP contribution < -0.4 is 5.73 Å². The topological polar surface area (TPSA) is 52.3 Å². The van der Waals surface area contributed by atoms with Crippen molar-refractivity contribution in [2.24, 2.45) is 5.73 Å². The molecule has 2 rings (SSSR count). The average Bonchev–Trinajstić information content (AvgIpc) is 2.52. The summed E-state index contributed by atoms with van der Waals surface area (Å²) in [6.45, 7) is 5.47. The number of rotatable bonds is 3. The Labute approximate surface area is 144 Å². The van der Waals surface area contributed by atoms with Gasteiger partial charge in [-0.2, -0.15) is 13.2 Å². The minimum absolute atomic E-state index is 0.199. The normalized spacial score (nSPS) is 12.1. The van der Waals surface area contributed by atoms with Crippen LogP contribution in [0.15, 0.2) is 42.5 Å². The maximum atomic E-state index is 12.7. The Morgan fingerprint density at radius 3 is 2.08 bits per heavy atom. The van der Waals surface area contributed by atoms with E-state index in [2.05, 4.69) is 0 Å². The third-order valence-electron chi connectivity index (χ3n) is 3.41. The number of ether oxygens (including phenoxy) is 1. The molecule has 0 spiro atoms. The van der Waals surface area contributed by atoms with Crippen molar-refractivity contribution in [3.63, 3.8) is 0 Å². The number of halogens is 3. The highest BCUT2D eigenvalue weighted by Crippen LogP contribution is 2.31. The second kappa shape index (κ2) is 6.88. The lowest BCUT2D eigenvalue weighted by molar-refractivity contribution is -0.137. The van der Waals surface area contributed by atoms with E-state index in [4.69, 9.17) is 10.5 Å². The third kappa shape index (κ3) is 5.06. The van der Waals surface area contributed by atoms with Crippen molar-refractivity contribution in [1.82, 2.24) is 0 Å². The lowest BCUT2D eigenvalue weighted by Gasteiger charge is -2.20. The van der Waals surface area contributed by atoms with Crippen LogP contribution in [-0.4, -0.2) is 11.6 Å². The monoisotopic (exact) mass is 351 g/mol. The summed E-state index contributed by atoms with van der Waals surface area (Å²) in [4.78, 5) is 12.3. The molecule has 2 aromatic rings. The fourth-order valence-electron chi connectivity index (χ4n) is 2.28. The number of carbonyl (C=O) groups excluding carboxylic acids is 1. The predicted molar refractivity (Wildman–Crippen MR) is 89.9 cm³/mol. The molecule has 0 aliphatic rings. The van der Waals surface area contributed by atoms with E-state index in [-0.39, 0.29) is 6.54 Å². The molecule has 0 aromatic heterocycles. The van der Waals surface area contributed by atoms with Gasteiger partial charge in [-0.1, -0.05) is 12.1 Å². The number of esters is 1. The van der Waals surface area contributed by atoms with Crippen LogP contribution in [0, 0.1) is 0 Å². The highest BCUT2D eigenvalue weighted by molar-refractivity contribution is 5.91. The van der Waals surface area contributed by atoms with E-state index in [0.717, 1.165) is 12.1 Å². The van der Waals surface area contributed by atoms with E-state index in [0.29, 0.717) is 22.3 Å². The molecule has 6 heteroatoms. The molecule has 2 N–H and O–H groups in total. The summed E-state index contributed by atoms with van der Waals surface area (Å²) in [5.41, 5.74) is 6.48. The van der Waals surface area contributed by atoms with Crippen molar-refractivity contribution in [3.8, 4) is 11.1 Å². The van der Waals surface area contributed by atoms with E-state index in [1.54, 1.807) is 39.0 Å². The average molecular weight is 351 g/mol. The predicted octanol–water partition coefficient (Wildman–Crippen LogP) is 4.79. The van der Waals surface area contributed by atoms with Gasteiger partial charge in [0.15, 0.2) is 0 Å². The fourth-order valence-corrected chi connectivity index (χ4v) is 2.28. The van der Waals surface area contributed by atoms with E-state index in [9.17, 15) is 18.0 Å². The molecule has 0 aliphatic heterocycles. The van der Waals surface area contributed by atoms with E-state index in [1.165, 1.54) is 12.1 Å². The van der Waals surface area contributed by atoms with Gasteiger partial charge in [0, 0.05) is 6.54 Å². The summed E-state index contributed by atoms with van der Waals surface area (Å²) in [5.74, 6) is -0.504. The number of alkyl halides is 3. The highest BCUT2D eigenvalue weighted by atomic mass is 19.4. The van der Waals surface area contributed by atoms with Gasteiger partial charge in [-0.3, -0.25) is 0 Å². The van der Waals surface area contributed by atoms with Crippen molar-refractivity contribution in [3.05, 3.63) is 59.2 Å². The van der Waals surface area contributed by atoms with Gasteiger partial charge < -0.3 is 10.5 Å². The van der Waals surface area contributed by atoms with E-state index < -0.39 is 23.3 Å². The molecule has 0 saturated carbocycles. The van der Waals surface area contributed by atoms with E-state index in [1.807, 2.05) is 0 Å². The molecule has 0 saturated heterocycles. The lowest BCUT2D eigenvalue weighted by atomic mass is 9.98. The molecule has 134 valence electrons. The second-order valence-electron chi connectivity index (χ2n) is 6.70. The minimum Gasteiger partial charge on any atom is -0.456 e. The van der Waals surface area contributed by atoms with Crippen LogP contribution >= 0.6 is 0 Å². The Hall–Kier alpha value is -2.34. The van der Waals surface area contributed by atoms with Crippen LogP contribution in [0.25, 0.3) is 11.1 Å². The van der Waals surface area contributed by atoms with Crippen LogP contribution in [0.2, 0.25) is 0 Å². The largest absolute Gasteiger partial charge is 0.456 e. The molecule has 0 amide bonds. The Kier molecular flexibility index (Phi) is 5.23. The van der Waals surface area contributed by atoms with E-state index >= 15 is 0 Å². The molecule has 2 aromatic carbocycles. The first-order valence-corrected chi connectivity index (χ1v) is 7.74. The molecule has 0 fully saturated rings. The Morgan fingerprint density at radius 1 is 1.00 bits per heavy atom. The van der Waals surface area contributed by atoms with Crippen molar-refractivity contribution >= 4 is 5.97 Å². The number of hydrogen-bond acceptors (Lipinski definition) is 3. The summed E-state index contributed by atoms with van der Waals surface area (Å²) in [5, 5.41) is 0. The van der Waals surface area contributed by atoms with Crippen LogP contribution in [0.1, 0.15) is 42.3 Å². The second-order valence-corrected chi connectivity index (χ2v) is 6.70. The van der Waals surface area contributed by atoms with Crippen molar-refractivity contribution in [2.75, 3.05) is 0 Å². The molecule has 0 radical (unpaired) electrons. The maximum Gasteiger partial charge on any atom is 0.416 e. The molecule has 0 heterocycles. The molecule has 0 unspecified atom stereocenters. The standard InChI is InChI=1S/C19H20F3NO2/c1-18(2,3)25-17(24)15-9-12(11-23)8-14(10-15)13-4-6-16(7-5-13)19(20,21)22/h4-10H,11,23H2,1-3H3. The van der Waals surface area contributed by atoms with Crippen LogP contribution in [-0.2, 0) is 17.5 Å². The molecule has 25 heavy (non-hydrogen) atoms. The van der Waals surface area contributed by atoms with Gasteiger partial charge in [-0.05, 0) is 67.8 Å². The van der Waals surface area contributed by atoms with Crippen molar-refractivity contribution < 1.29 is 22.7 Å². The first-order valence-electron chi connectivity index (χ1n) is 7.74. The van der Waals surface area contributed by atoms with Gasteiger partial charge in [-0.15, -0.1) is 0 Å². The Bertz CT molecular complexity index is 760. The molecular formula is C19H20F3NO2. The minimum atomic E-state index is -4.39. The first-order chi connectivity index (χ1) is 11.5. The number of hydrogen-bond donors (Lipinski definition) is 1. The summed E-state index contributed by atoms with van der Waals surface area (Å²) in [6, 6.07) is 9.73. The van der Waals surface area contributed by atoms with Crippen molar-refractivity contribution in [2.45, 2.75) is 39.1 Å². The van der Waals surface area contributed by atoms with Gasteiger partial charge in [-0.25, -0.2) is 4.79 Å². The van der Waals surface area contributed by atoms with Gasteiger partial charge in [0.1, 0.15) is 5.60 Å². The quantitative estimate of drug-likeness (QED) is 0.809. The number of carbonyl (C=O) groups is 1. The summed E-state index contributed by atoms with van der Waals surface area (Å²) in [7, 11) is 0. The first kappa shape index (κ1) is 19.0. The van der Waals surface area contributed by atoms with Crippen LogP contribution in [0.3, 0.4) is 0 Å². The van der Waals surface area contributed by atoms with Crippen molar-refractivity contribution in [1.29, 1.82) is 0 Å². The maximum absolute atomic E-state index is 12.7. The zero-order valence-electron chi connectivity index (χ0n) is 14.3. The van der Waals surface area contributed by atoms with Gasteiger partial charge in [0.05, 0.1) is 11.1 Å². The number of nitrogens with two attached hydrogens (primary N) is 1. The molecule has 0 atom stereocenters. The zero-order valence-corrected chi connectivity index (χ0v) is 14.3. The molecule has 0 aliphatic carbocycles. The molecular weight excluding hydrogens is 331 g/mol. The Balaban J connectivity index is 2.41. The Morgan fingerprint density at radius 2 is 1.60 bits per heavy atom. The van der Waals surface area contributed by atoms with Gasteiger partial charge >= 0.3 is 12.1 Å². The fraction of sp³-hybridized carbons (Fsp3) is 0.316. The molecule has 0 bridgehead atoms. The smallest absolute Gasteiger partial charge is 0.416 e. The number of benzene rings is 2. The third-order valence-corrected chi connectivity index (χ3v) is 3.41. The van der Waals surface area contributed by atoms with Crippen LogP contribution in [0.5, 0.6) is 0 Å². The highest BCUT2D eigenvalue weighted by Gasteiger charge is 2.30. The SMILES string of the molecule is CC(C)(C)OC(=O)c1cc(CN)cc(-c2ccc(C(F)(F)F)cc2)c1. The van der Waals surface area contributed by atoms with Gasteiger partial charge in [0.25, 0.3) is 0 Å². The molecule has 3 nitrogen and oxygen atoms in total. The zero-order chi connectivity index (χ0) is 18.8. The summed E-state index contributed by atoms with van der Waals surface area (Å²) >= 11 is 0. The summed E-state index contributed by atoms with van der Waals surface area (Å²) < 4.78 is 43.4. The lowest BCUT2D eigenvalue weighted by Crippen LogP contribution is -2.24. The van der Waals surface area contributed by atoms with Crippen LogP contribution in [0.4, 0.5) is 13.2 Å².